The first-order chi connectivity index (χ1) is 8.60. The van der Waals surface area contributed by atoms with E-state index < -0.39 is 0 Å². The second kappa shape index (κ2) is 5.27. The lowest BCUT2D eigenvalue weighted by atomic mass is 10.1. The van der Waals surface area contributed by atoms with Crippen molar-refractivity contribution in [3.05, 3.63) is 46.6 Å². The maximum absolute atomic E-state index is 6.05. The largest absolute Gasteiger partial charge is 0.439 e. The van der Waals surface area contributed by atoms with Crippen molar-refractivity contribution in [2.24, 2.45) is 0 Å². The number of benzene rings is 1. The Hall–Kier alpha value is -1.74. The summed E-state index contributed by atoms with van der Waals surface area (Å²) in [4.78, 5) is 4.18. The van der Waals surface area contributed by atoms with Gasteiger partial charge in [0.15, 0.2) is 0 Å². The minimum absolute atomic E-state index is 0.488. The van der Waals surface area contributed by atoms with Gasteiger partial charge in [-0.15, -0.1) is 0 Å². The fourth-order valence-corrected chi connectivity index (χ4v) is 1.83. The molecule has 0 aliphatic carbocycles. The van der Waals surface area contributed by atoms with E-state index in [1.807, 2.05) is 32.0 Å². The summed E-state index contributed by atoms with van der Waals surface area (Å²) in [7, 11) is 0. The van der Waals surface area contributed by atoms with Crippen LogP contribution < -0.4 is 10.5 Å². The number of nitrogens with zero attached hydrogens (tertiary/aromatic N) is 1. The predicted molar refractivity (Wildman–Crippen MR) is 74.3 cm³/mol. The minimum atomic E-state index is 0.488. The monoisotopic (exact) mass is 262 g/mol. The number of hydrogen-bond donors (Lipinski definition) is 1. The maximum atomic E-state index is 6.05. The zero-order valence-corrected chi connectivity index (χ0v) is 11.2. The third-order valence-corrected chi connectivity index (χ3v) is 3.11. The molecule has 0 atom stereocenters. The number of nitrogen functional groups attached to an aromatic ring is 1. The third-order valence-electron chi connectivity index (χ3n) is 2.74. The van der Waals surface area contributed by atoms with Gasteiger partial charge in [0.25, 0.3) is 0 Å². The van der Waals surface area contributed by atoms with Crippen molar-refractivity contribution in [1.82, 2.24) is 4.98 Å². The molecule has 0 unspecified atom stereocenters. The molecule has 0 aliphatic rings. The number of pyridine rings is 1. The van der Waals surface area contributed by atoms with Crippen molar-refractivity contribution in [3.8, 4) is 11.6 Å². The molecule has 0 bridgehead atoms. The zero-order chi connectivity index (χ0) is 13.1. The minimum Gasteiger partial charge on any atom is -0.439 e. The molecule has 94 valence electrons. The summed E-state index contributed by atoms with van der Waals surface area (Å²) >= 11 is 6.05. The van der Waals surface area contributed by atoms with Crippen LogP contribution in [0.4, 0.5) is 5.69 Å². The molecule has 0 radical (unpaired) electrons. The molecule has 1 aromatic carbocycles. The van der Waals surface area contributed by atoms with Crippen molar-refractivity contribution in [1.29, 1.82) is 0 Å². The summed E-state index contributed by atoms with van der Waals surface area (Å²) in [5, 5.41) is 0.751. The number of ether oxygens (including phenoxy) is 1. The van der Waals surface area contributed by atoms with Gasteiger partial charge in [0.2, 0.25) is 5.88 Å². The van der Waals surface area contributed by atoms with Gasteiger partial charge in [-0.05, 0) is 42.7 Å². The van der Waals surface area contributed by atoms with Crippen LogP contribution >= 0.6 is 11.6 Å². The predicted octanol–water partition coefficient (Wildman–Crippen LogP) is 3.98. The molecule has 2 aromatic rings. The van der Waals surface area contributed by atoms with Crippen LogP contribution in [-0.2, 0) is 6.42 Å². The molecule has 3 nitrogen and oxygen atoms in total. The van der Waals surface area contributed by atoms with E-state index in [0.717, 1.165) is 22.6 Å². The average molecular weight is 263 g/mol. The van der Waals surface area contributed by atoms with Crippen LogP contribution in [0.5, 0.6) is 11.6 Å². The SMILES string of the molecule is CCc1cc(Oc2cc(N)c(C)cn2)ccc1Cl. The van der Waals surface area contributed by atoms with E-state index in [0.29, 0.717) is 17.3 Å². The summed E-state index contributed by atoms with van der Waals surface area (Å²) in [6.07, 6.45) is 2.56. The van der Waals surface area contributed by atoms with Crippen LogP contribution in [0, 0.1) is 6.92 Å². The Balaban J connectivity index is 2.25. The smallest absolute Gasteiger partial charge is 0.221 e. The molecular weight excluding hydrogens is 248 g/mol. The van der Waals surface area contributed by atoms with Crippen molar-refractivity contribution < 1.29 is 4.74 Å². The highest BCUT2D eigenvalue weighted by Gasteiger charge is 2.04. The van der Waals surface area contributed by atoms with Gasteiger partial charge in [0.05, 0.1) is 0 Å². The summed E-state index contributed by atoms with van der Waals surface area (Å²) in [5.41, 5.74) is 8.47. The fourth-order valence-electron chi connectivity index (χ4n) is 1.58. The topological polar surface area (TPSA) is 48.1 Å². The second-order valence-electron chi connectivity index (χ2n) is 4.09. The standard InChI is InChI=1S/C14H15ClN2O/c1-3-10-6-11(4-5-12(10)15)18-14-7-13(16)9(2)8-17-14/h4-8H,3H2,1-2H3,(H2,16,17). The van der Waals surface area contributed by atoms with Crippen LogP contribution in [0.2, 0.25) is 5.02 Å². The highest BCUT2D eigenvalue weighted by molar-refractivity contribution is 6.31. The van der Waals surface area contributed by atoms with Crippen LogP contribution in [0.1, 0.15) is 18.1 Å². The Labute approximate surface area is 112 Å². The summed E-state index contributed by atoms with van der Waals surface area (Å²) < 4.78 is 5.66. The van der Waals surface area contributed by atoms with Gasteiger partial charge in [-0.25, -0.2) is 4.98 Å². The van der Waals surface area contributed by atoms with E-state index in [1.165, 1.54) is 0 Å². The number of anilines is 1. The zero-order valence-electron chi connectivity index (χ0n) is 10.4. The Kier molecular flexibility index (Phi) is 3.72. The number of aryl methyl sites for hydroxylation is 2. The molecule has 2 N–H and O–H groups in total. The van der Waals surface area contributed by atoms with Crippen LogP contribution in [0.25, 0.3) is 0 Å². The summed E-state index contributed by atoms with van der Waals surface area (Å²) in [6, 6.07) is 7.28. The molecule has 1 heterocycles. The molecule has 0 fully saturated rings. The van der Waals surface area contributed by atoms with Crippen LogP contribution in [0.3, 0.4) is 0 Å². The lowest BCUT2D eigenvalue weighted by Gasteiger charge is -2.08. The van der Waals surface area contributed by atoms with Crippen molar-refractivity contribution in [2.75, 3.05) is 5.73 Å². The first-order valence-corrected chi connectivity index (χ1v) is 6.16. The Bertz CT molecular complexity index is 570. The molecule has 0 aliphatic heterocycles. The van der Waals surface area contributed by atoms with Gasteiger partial charge >= 0.3 is 0 Å². The molecule has 0 amide bonds. The number of rotatable bonds is 3. The highest BCUT2D eigenvalue weighted by atomic mass is 35.5. The van der Waals surface area contributed by atoms with E-state index >= 15 is 0 Å². The van der Waals surface area contributed by atoms with Gasteiger partial charge in [-0.3, -0.25) is 0 Å². The van der Waals surface area contributed by atoms with Crippen molar-refractivity contribution in [2.45, 2.75) is 20.3 Å². The molecule has 0 saturated carbocycles. The van der Waals surface area contributed by atoms with Crippen LogP contribution in [-0.4, -0.2) is 4.98 Å². The van der Waals surface area contributed by atoms with E-state index in [2.05, 4.69) is 4.98 Å². The number of hydrogen-bond acceptors (Lipinski definition) is 3. The number of aromatic nitrogens is 1. The van der Waals surface area contributed by atoms with Gasteiger partial charge in [-0.1, -0.05) is 18.5 Å². The first kappa shape index (κ1) is 12.7. The lowest BCUT2D eigenvalue weighted by Crippen LogP contribution is -1.94. The van der Waals surface area contributed by atoms with Crippen molar-refractivity contribution in [3.63, 3.8) is 0 Å². The van der Waals surface area contributed by atoms with Gasteiger partial charge < -0.3 is 10.5 Å². The summed E-state index contributed by atoms with van der Waals surface area (Å²) in [6.45, 7) is 3.96. The van der Waals surface area contributed by atoms with E-state index in [1.54, 1.807) is 12.3 Å². The van der Waals surface area contributed by atoms with Gasteiger partial charge in [0.1, 0.15) is 5.75 Å². The van der Waals surface area contributed by atoms with Gasteiger partial charge in [0, 0.05) is 23.0 Å². The first-order valence-electron chi connectivity index (χ1n) is 5.78. The van der Waals surface area contributed by atoms with Crippen LogP contribution in [0.15, 0.2) is 30.5 Å². The quantitative estimate of drug-likeness (QED) is 0.910. The highest BCUT2D eigenvalue weighted by Crippen LogP contribution is 2.27. The van der Waals surface area contributed by atoms with E-state index in [-0.39, 0.29) is 0 Å². The average Bonchev–Trinajstić information content (AvgIpc) is 2.36. The fraction of sp³-hybridized carbons (Fsp3) is 0.214. The third kappa shape index (κ3) is 2.74. The summed E-state index contributed by atoms with van der Waals surface area (Å²) in [5.74, 6) is 1.20. The Morgan fingerprint density at radius 1 is 1.33 bits per heavy atom. The molecule has 0 spiro atoms. The van der Waals surface area contributed by atoms with E-state index in [9.17, 15) is 0 Å². The Morgan fingerprint density at radius 2 is 2.11 bits per heavy atom. The van der Waals surface area contributed by atoms with Gasteiger partial charge in [-0.2, -0.15) is 0 Å². The number of halogens is 1. The maximum Gasteiger partial charge on any atom is 0.221 e. The van der Waals surface area contributed by atoms with Crippen molar-refractivity contribution >= 4 is 17.3 Å². The molecule has 18 heavy (non-hydrogen) atoms. The lowest BCUT2D eigenvalue weighted by molar-refractivity contribution is 0.462. The molecular formula is C14H15ClN2O. The number of nitrogens with two attached hydrogens (primary N) is 1. The molecule has 1 aromatic heterocycles. The normalized spacial score (nSPS) is 10.4. The van der Waals surface area contributed by atoms with E-state index in [4.69, 9.17) is 22.1 Å². The Morgan fingerprint density at radius 3 is 2.78 bits per heavy atom. The second-order valence-corrected chi connectivity index (χ2v) is 4.50. The molecule has 4 heteroatoms. The molecule has 2 rings (SSSR count). The molecule has 0 saturated heterocycles.